The topological polar surface area (TPSA) is 38.7 Å². The summed E-state index contributed by atoms with van der Waals surface area (Å²) in [6.07, 6.45) is 12.6. The molecule has 0 radical (unpaired) electrons. The quantitative estimate of drug-likeness (QED) is 0.385. The molecule has 2 aromatic rings. The van der Waals surface area contributed by atoms with Crippen molar-refractivity contribution in [3.63, 3.8) is 0 Å². The highest BCUT2D eigenvalue weighted by Gasteiger charge is 2.64. The molecule has 34 heavy (non-hydrogen) atoms. The van der Waals surface area contributed by atoms with Gasteiger partial charge in [-0.3, -0.25) is 0 Å². The molecule has 2 fully saturated rings. The van der Waals surface area contributed by atoms with Gasteiger partial charge in [-0.05, 0) is 103 Å². The number of hydrogen-bond acceptors (Lipinski definition) is 4. The molecule has 3 aliphatic carbocycles. The van der Waals surface area contributed by atoms with Crippen LogP contribution in [0.4, 0.5) is 0 Å². The Bertz CT molecular complexity index is 1080. The molecule has 6 atom stereocenters. The molecule has 1 spiro atoms. The van der Waals surface area contributed by atoms with Crippen molar-refractivity contribution in [2.75, 3.05) is 25.2 Å². The smallest absolute Gasteiger partial charge is 0.119 e. The van der Waals surface area contributed by atoms with Crippen molar-refractivity contribution in [2.24, 2.45) is 17.3 Å². The summed E-state index contributed by atoms with van der Waals surface area (Å²) < 4.78 is 12.5. The van der Waals surface area contributed by atoms with E-state index in [1.165, 1.54) is 29.5 Å². The van der Waals surface area contributed by atoms with Crippen LogP contribution in [0, 0.1) is 17.3 Å². The Morgan fingerprint density at radius 1 is 1.15 bits per heavy atom. The summed E-state index contributed by atoms with van der Waals surface area (Å²) in [6, 6.07) is 15.1. The number of ether oxygens (including phenoxy) is 2. The SMILES string of the molecule is CSCCOc1ccc([C@H]2C[C@@]3(C)[C@@H](CCC34C=CCO4)[C@@H]3CCc4cc(O)ccc4[C@H]32)cc1. The zero-order valence-electron chi connectivity index (χ0n) is 20.3. The fourth-order valence-corrected chi connectivity index (χ4v) is 8.34. The Labute approximate surface area is 207 Å². The van der Waals surface area contributed by atoms with Crippen LogP contribution in [0.5, 0.6) is 11.5 Å². The van der Waals surface area contributed by atoms with Crippen molar-refractivity contribution in [1.82, 2.24) is 0 Å². The lowest BCUT2D eigenvalue weighted by Crippen LogP contribution is -2.52. The van der Waals surface area contributed by atoms with Gasteiger partial charge in [0.1, 0.15) is 11.5 Å². The van der Waals surface area contributed by atoms with Crippen LogP contribution in [0.1, 0.15) is 61.1 Å². The second kappa shape index (κ2) is 8.64. The molecule has 4 heteroatoms. The molecule has 1 unspecified atom stereocenters. The summed E-state index contributed by atoms with van der Waals surface area (Å²) in [4.78, 5) is 0. The van der Waals surface area contributed by atoms with Crippen molar-refractivity contribution >= 4 is 11.8 Å². The van der Waals surface area contributed by atoms with Crippen molar-refractivity contribution in [1.29, 1.82) is 0 Å². The number of thioether (sulfide) groups is 1. The Kier molecular flexibility index (Phi) is 5.73. The molecule has 2 saturated carbocycles. The molecule has 4 aliphatic rings. The van der Waals surface area contributed by atoms with Crippen LogP contribution in [-0.4, -0.2) is 35.9 Å². The molecule has 0 bridgehead atoms. The maximum absolute atomic E-state index is 10.2. The highest BCUT2D eigenvalue weighted by Crippen LogP contribution is 2.69. The number of fused-ring (bicyclic) bond motifs is 6. The largest absolute Gasteiger partial charge is 0.508 e. The molecule has 1 heterocycles. The van der Waals surface area contributed by atoms with Gasteiger partial charge >= 0.3 is 0 Å². The van der Waals surface area contributed by atoms with Crippen LogP contribution in [0.3, 0.4) is 0 Å². The third kappa shape index (κ3) is 3.44. The van der Waals surface area contributed by atoms with E-state index in [0.717, 1.165) is 44.0 Å². The van der Waals surface area contributed by atoms with Gasteiger partial charge in [0.25, 0.3) is 0 Å². The molecule has 180 valence electrons. The Morgan fingerprint density at radius 2 is 2.00 bits per heavy atom. The van der Waals surface area contributed by atoms with Gasteiger partial charge in [-0.25, -0.2) is 0 Å². The fraction of sp³-hybridized carbons (Fsp3) is 0.533. The average molecular weight is 477 g/mol. The molecular weight excluding hydrogens is 440 g/mol. The van der Waals surface area contributed by atoms with Crippen molar-refractivity contribution in [3.8, 4) is 11.5 Å². The van der Waals surface area contributed by atoms with Crippen LogP contribution in [0.25, 0.3) is 0 Å². The van der Waals surface area contributed by atoms with E-state index in [4.69, 9.17) is 9.47 Å². The van der Waals surface area contributed by atoms with Crippen LogP contribution in [0.2, 0.25) is 0 Å². The van der Waals surface area contributed by atoms with E-state index in [1.807, 2.05) is 23.9 Å². The molecule has 6 rings (SSSR count). The van der Waals surface area contributed by atoms with E-state index >= 15 is 0 Å². The summed E-state index contributed by atoms with van der Waals surface area (Å²) in [5.41, 5.74) is 4.27. The number of aromatic hydroxyl groups is 1. The summed E-state index contributed by atoms with van der Waals surface area (Å²) >= 11 is 1.81. The Morgan fingerprint density at radius 3 is 2.76 bits per heavy atom. The van der Waals surface area contributed by atoms with Crippen LogP contribution in [0.15, 0.2) is 54.6 Å². The van der Waals surface area contributed by atoms with Gasteiger partial charge in [0, 0.05) is 11.2 Å². The molecule has 1 aliphatic heterocycles. The number of rotatable bonds is 5. The first-order chi connectivity index (χ1) is 16.5. The minimum absolute atomic E-state index is 0.100. The van der Waals surface area contributed by atoms with E-state index in [2.05, 4.69) is 55.7 Å². The Balaban J connectivity index is 1.40. The van der Waals surface area contributed by atoms with Gasteiger partial charge in [0.05, 0.1) is 18.8 Å². The molecule has 1 N–H and O–H groups in total. The molecule has 0 amide bonds. The number of aryl methyl sites for hydroxylation is 1. The normalized spacial score (nSPS) is 35.7. The molecular formula is C30H36O3S. The molecule has 3 nitrogen and oxygen atoms in total. The van der Waals surface area contributed by atoms with Crippen LogP contribution in [-0.2, 0) is 11.2 Å². The van der Waals surface area contributed by atoms with E-state index in [-0.39, 0.29) is 11.0 Å². The van der Waals surface area contributed by atoms with E-state index in [9.17, 15) is 5.11 Å². The van der Waals surface area contributed by atoms with Crippen molar-refractivity contribution in [2.45, 2.75) is 56.5 Å². The predicted octanol–water partition coefficient (Wildman–Crippen LogP) is 6.71. The van der Waals surface area contributed by atoms with Gasteiger partial charge in [0.2, 0.25) is 0 Å². The van der Waals surface area contributed by atoms with Crippen molar-refractivity contribution in [3.05, 3.63) is 71.3 Å². The average Bonchev–Trinajstić information content (AvgIpc) is 3.44. The maximum Gasteiger partial charge on any atom is 0.119 e. The molecule has 2 aromatic carbocycles. The Hall–Kier alpha value is -1.91. The summed E-state index contributed by atoms with van der Waals surface area (Å²) in [7, 11) is 0. The molecule has 0 saturated heterocycles. The first-order valence-electron chi connectivity index (χ1n) is 12.9. The number of benzene rings is 2. The summed E-state index contributed by atoms with van der Waals surface area (Å²) in [6.45, 7) is 4.03. The monoisotopic (exact) mass is 476 g/mol. The predicted molar refractivity (Wildman–Crippen MR) is 139 cm³/mol. The highest BCUT2D eigenvalue weighted by molar-refractivity contribution is 7.98. The molecule has 0 aromatic heterocycles. The second-order valence-corrected chi connectivity index (χ2v) is 12.0. The lowest BCUT2D eigenvalue weighted by atomic mass is 9.49. The van der Waals surface area contributed by atoms with Gasteiger partial charge in [0.15, 0.2) is 0 Å². The zero-order chi connectivity index (χ0) is 23.3. The van der Waals surface area contributed by atoms with Gasteiger partial charge < -0.3 is 14.6 Å². The van der Waals surface area contributed by atoms with Gasteiger partial charge in [-0.1, -0.05) is 37.3 Å². The van der Waals surface area contributed by atoms with E-state index in [1.54, 1.807) is 0 Å². The van der Waals surface area contributed by atoms with Crippen molar-refractivity contribution < 1.29 is 14.6 Å². The highest BCUT2D eigenvalue weighted by atomic mass is 32.2. The van der Waals surface area contributed by atoms with Crippen LogP contribution >= 0.6 is 11.8 Å². The third-order valence-electron chi connectivity index (χ3n) is 9.59. The standard InChI is InChI=1S/C30H36O3S/c1-29-19-26(20-4-8-23(9-5-20)32-16-17-34-2)28-24-11-7-22(31)18-21(24)6-10-25(28)27(29)12-14-30(29)13-3-15-33-30/h3-5,7-9,11,13,18,25-28,31H,6,10,12,14-17,19H2,1-2H3/t25-,26+,27-,28+,29-,30?/m0/s1. The summed E-state index contributed by atoms with van der Waals surface area (Å²) in [5, 5.41) is 10.2. The first kappa shape index (κ1) is 22.5. The summed E-state index contributed by atoms with van der Waals surface area (Å²) in [5.74, 6) is 4.61. The third-order valence-corrected chi connectivity index (χ3v) is 10.2. The minimum atomic E-state index is -0.100. The number of hydrogen-bond donors (Lipinski definition) is 1. The minimum Gasteiger partial charge on any atom is -0.508 e. The van der Waals surface area contributed by atoms with E-state index < -0.39 is 0 Å². The van der Waals surface area contributed by atoms with Crippen LogP contribution < -0.4 is 4.74 Å². The second-order valence-electron chi connectivity index (χ2n) is 11.0. The van der Waals surface area contributed by atoms with E-state index in [0.29, 0.717) is 29.4 Å². The van der Waals surface area contributed by atoms with Gasteiger partial charge in [-0.2, -0.15) is 11.8 Å². The lowest BCUT2D eigenvalue weighted by Gasteiger charge is -2.56. The number of phenolic OH excluding ortho intramolecular Hbond substituents is 1. The zero-order valence-corrected chi connectivity index (χ0v) is 21.2. The van der Waals surface area contributed by atoms with Gasteiger partial charge in [-0.15, -0.1) is 0 Å². The first-order valence-corrected chi connectivity index (χ1v) is 14.3. The number of phenols is 1. The maximum atomic E-state index is 10.2. The lowest BCUT2D eigenvalue weighted by molar-refractivity contribution is -0.101. The fourth-order valence-electron chi connectivity index (χ4n) is 8.09.